The van der Waals surface area contributed by atoms with Crippen molar-refractivity contribution in [1.29, 1.82) is 0 Å². The molecule has 1 nitrogen and oxygen atoms in total. The minimum absolute atomic E-state index is 0.229. The van der Waals surface area contributed by atoms with E-state index in [4.69, 9.17) is 0 Å². The molecule has 0 N–H and O–H groups in total. The summed E-state index contributed by atoms with van der Waals surface area (Å²) in [5.74, 6) is 0. The van der Waals surface area contributed by atoms with Gasteiger partial charge in [-0.3, -0.25) is 0 Å². The fourth-order valence-corrected chi connectivity index (χ4v) is 1.46. The Kier molecular flexibility index (Phi) is 1.50. The molecule has 0 saturated carbocycles. The van der Waals surface area contributed by atoms with Crippen LogP contribution in [0.2, 0.25) is 0 Å². The molecule has 30 valence electrons. The van der Waals surface area contributed by atoms with E-state index in [-0.39, 0.29) is 15.4 Å². The predicted molar refractivity (Wildman–Crippen MR) is 28.3 cm³/mol. The van der Waals surface area contributed by atoms with Crippen LogP contribution in [0.5, 0.6) is 0 Å². The van der Waals surface area contributed by atoms with Crippen LogP contribution in [0.3, 0.4) is 0 Å². The van der Waals surface area contributed by atoms with Gasteiger partial charge in [-0.05, 0) is 0 Å². The molecule has 0 bridgehead atoms. The molecule has 0 aromatic heterocycles. The second-order valence-electron chi connectivity index (χ2n) is 1.05. The number of rotatable bonds is 0. The summed E-state index contributed by atoms with van der Waals surface area (Å²) < 4.78 is 0. The Morgan fingerprint density at radius 1 is 1.67 bits per heavy atom. The standard InChI is InChI=1S/C4H5GeN/c1-2-5-4-6-3-1/h1-3H,4H2. The van der Waals surface area contributed by atoms with E-state index in [9.17, 15) is 0 Å². The zero-order valence-corrected chi connectivity index (χ0v) is 5.48. The van der Waals surface area contributed by atoms with Gasteiger partial charge in [0, 0.05) is 0 Å². The molecule has 1 aliphatic rings. The van der Waals surface area contributed by atoms with Crippen molar-refractivity contribution in [1.82, 2.24) is 0 Å². The van der Waals surface area contributed by atoms with Crippen LogP contribution >= 0.6 is 0 Å². The van der Waals surface area contributed by atoms with Crippen LogP contribution in [-0.4, -0.2) is 27.0 Å². The summed E-state index contributed by atoms with van der Waals surface area (Å²) >= 11 is 0.229. The number of hydrogen-bond donors (Lipinski definition) is 0. The Morgan fingerprint density at radius 2 is 2.67 bits per heavy atom. The van der Waals surface area contributed by atoms with Gasteiger partial charge in [0.2, 0.25) is 0 Å². The van der Waals surface area contributed by atoms with E-state index in [1.165, 1.54) is 0 Å². The molecular weight excluding hydrogens is 135 g/mol. The van der Waals surface area contributed by atoms with E-state index in [2.05, 4.69) is 9.90 Å². The van der Waals surface area contributed by atoms with Crippen LogP contribution in [0.25, 0.3) is 0 Å². The Labute approximate surface area is 43.6 Å². The molecular formula is C4H5GeN. The van der Waals surface area contributed by atoms with Gasteiger partial charge in [0.1, 0.15) is 0 Å². The maximum atomic E-state index is 4.02. The van der Waals surface area contributed by atoms with Crippen molar-refractivity contribution in [3.63, 3.8) is 0 Å². The van der Waals surface area contributed by atoms with Crippen LogP contribution in [0, 0.1) is 0 Å². The first kappa shape index (κ1) is 4.12. The second kappa shape index (κ2) is 2.18. The summed E-state index contributed by atoms with van der Waals surface area (Å²) in [5, 5.41) is 1.11. The van der Waals surface area contributed by atoms with Crippen LogP contribution in [0.1, 0.15) is 0 Å². The van der Waals surface area contributed by atoms with Gasteiger partial charge in [0.15, 0.2) is 0 Å². The summed E-state index contributed by atoms with van der Waals surface area (Å²) in [5.41, 5.74) is 0. The quantitative estimate of drug-likeness (QED) is 0.427. The van der Waals surface area contributed by atoms with Crippen LogP contribution in [0.15, 0.2) is 16.0 Å². The number of nitrogens with zero attached hydrogens (tertiary/aromatic N) is 1. The van der Waals surface area contributed by atoms with Crippen molar-refractivity contribution < 1.29 is 0 Å². The normalized spacial score (nSPS) is 18.7. The topological polar surface area (TPSA) is 12.4 Å². The Hall–Kier alpha value is -0.0471. The average Bonchev–Trinajstić information content (AvgIpc) is 1.72. The fourth-order valence-electron chi connectivity index (χ4n) is 0.330. The molecule has 2 heteroatoms. The van der Waals surface area contributed by atoms with Gasteiger partial charge in [0.25, 0.3) is 0 Å². The summed E-state index contributed by atoms with van der Waals surface area (Å²) in [6.45, 7) is 0. The van der Waals surface area contributed by atoms with Gasteiger partial charge < -0.3 is 0 Å². The molecule has 1 heterocycles. The molecule has 0 aromatic rings. The molecule has 0 aromatic carbocycles. The van der Waals surface area contributed by atoms with Crippen molar-refractivity contribution in [3.8, 4) is 0 Å². The van der Waals surface area contributed by atoms with Gasteiger partial charge in [-0.1, -0.05) is 0 Å². The van der Waals surface area contributed by atoms with Gasteiger partial charge in [0.05, 0.1) is 0 Å². The number of allylic oxidation sites excluding steroid dienone is 1. The summed E-state index contributed by atoms with van der Waals surface area (Å²) in [7, 11) is 0. The van der Waals surface area contributed by atoms with E-state index < -0.39 is 0 Å². The first-order chi connectivity index (χ1) is 3.00. The van der Waals surface area contributed by atoms with E-state index in [0.717, 1.165) is 5.38 Å². The van der Waals surface area contributed by atoms with Gasteiger partial charge in [-0.2, -0.15) is 0 Å². The molecule has 6 heavy (non-hydrogen) atoms. The van der Waals surface area contributed by atoms with Crippen molar-refractivity contribution >= 4 is 21.6 Å². The second-order valence-corrected chi connectivity index (χ2v) is 3.27. The minimum atomic E-state index is 0.229. The third-order valence-corrected chi connectivity index (χ3v) is 2.25. The molecule has 1 rings (SSSR count). The molecule has 0 aliphatic carbocycles. The Morgan fingerprint density at radius 3 is 2.83 bits per heavy atom. The zero-order chi connectivity index (χ0) is 4.24. The molecule has 2 radical (unpaired) electrons. The molecule has 0 saturated heterocycles. The third kappa shape index (κ3) is 0.973. The summed E-state index contributed by atoms with van der Waals surface area (Å²) in [6, 6.07) is 0. The summed E-state index contributed by atoms with van der Waals surface area (Å²) in [4.78, 5) is 6.26. The predicted octanol–water partition coefficient (Wildman–Crippen LogP) is 0.246. The molecule has 0 amide bonds. The molecule has 0 spiro atoms. The zero-order valence-electron chi connectivity index (χ0n) is 3.39. The maximum absolute atomic E-state index is 4.02. The van der Waals surface area contributed by atoms with E-state index in [1.54, 1.807) is 0 Å². The SMILES string of the molecule is C1=[CH][Ge][CH2]N=C1. The van der Waals surface area contributed by atoms with Gasteiger partial charge in [-0.15, -0.1) is 0 Å². The van der Waals surface area contributed by atoms with E-state index in [1.807, 2.05) is 12.3 Å². The van der Waals surface area contributed by atoms with Crippen LogP contribution in [-0.2, 0) is 0 Å². The van der Waals surface area contributed by atoms with Crippen molar-refractivity contribution in [3.05, 3.63) is 11.0 Å². The van der Waals surface area contributed by atoms with E-state index in [0.29, 0.717) is 0 Å². The molecule has 0 atom stereocenters. The van der Waals surface area contributed by atoms with Crippen LogP contribution in [0.4, 0.5) is 0 Å². The Bertz CT molecular complexity index is 73.5. The van der Waals surface area contributed by atoms with E-state index >= 15 is 0 Å². The fraction of sp³-hybridized carbons (Fsp3) is 0.250. The first-order valence-corrected chi connectivity index (χ1v) is 4.58. The Balaban J connectivity index is 2.46. The van der Waals surface area contributed by atoms with Crippen molar-refractivity contribution in [2.75, 3.05) is 5.38 Å². The summed E-state index contributed by atoms with van der Waals surface area (Å²) in [6.07, 6.45) is 3.90. The van der Waals surface area contributed by atoms with Crippen LogP contribution < -0.4 is 0 Å². The average molecular weight is 140 g/mol. The van der Waals surface area contributed by atoms with Crippen molar-refractivity contribution in [2.24, 2.45) is 4.99 Å². The number of hydrogen-bond acceptors (Lipinski definition) is 1. The van der Waals surface area contributed by atoms with Crippen molar-refractivity contribution in [2.45, 2.75) is 0 Å². The number of aliphatic imine (C=N–C) groups is 1. The molecule has 1 aliphatic heterocycles. The van der Waals surface area contributed by atoms with Gasteiger partial charge in [-0.25, -0.2) is 0 Å². The van der Waals surface area contributed by atoms with Gasteiger partial charge >= 0.3 is 43.0 Å². The molecule has 0 unspecified atom stereocenters. The monoisotopic (exact) mass is 141 g/mol. The molecule has 0 fully saturated rings. The third-order valence-electron chi connectivity index (χ3n) is 0.588. The first-order valence-electron chi connectivity index (χ1n) is 1.88.